The van der Waals surface area contributed by atoms with E-state index < -0.39 is 11.9 Å². The first kappa shape index (κ1) is 14.3. The van der Waals surface area contributed by atoms with E-state index in [4.69, 9.17) is 0 Å². The lowest BCUT2D eigenvalue weighted by molar-refractivity contribution is -0.141. The van der Waals surface area contributed by atoms with Crippen LogP contribution in [0.4, 0.5) is 19.0 Å². The lowest BCUT2D eigenvalue weighted by Crippen LogP contribution is -2.11. The Kier molecular flexibility index (Phi) is 4.54. The van der Waals surface area contributed by atoms with E-state index in [0.29, 0.717) is 12.4 Å². The van der Waals surface area contributed by atoms with Gasteiger partial charge in [-0.3, -0.25) is 0 Å². The first-order chi connectivity index (χ1) is 9.55. The van der Waals surface area contributed by atoms with Crippen LogP contribution in [0.15, 0.2) is 30.9 Å². The minimum atomic E-state index is -4.45. The Morgan fingerprint density at radius 1 is 1.15 bits per heavy atom. The zero-order chi connectivity index (χ0) is 14.4. The first-order valence-corrected chi connectivity index (χ1v) is 6.16. The molecule has 0 aliphatic carbocycles. The van der Waals surface area contributed by atoms with Crippen molar-refractivity contribution >= 4 is 5.82 Å². The fourth-order valence-corrected chi connectivity index (χ4v) is 1.63. The average molecular weight is 285 g/mol. The van der Waals surface area contributed by atoms with Crippen LogP contribution in [-0.4, -0.2) is 26.3 Å². The van der Waals surface area contributed by atoms with Gasteiger partial charge in [-0.15, -0.1) is 10.2 Å². The average Bonchev–Trinajstić information content (AvgIpc) is 2.91. The van der Waals surface area contributed by atoms with Gasteiger partial charge in [0.25, 0.3) is 0 Å². The summed E-state index contributed by atoms with van der Waals surface area (Å²) >= 11 is 0. The largest absolute Gasteiger partial charge is 0.435 e. The topological polar surface area (TPSA) is 55.6 Å². The van der Waals surface area contributed by atoms with Gasteiger partial charge >= 0.3 is 6.18 Å². The molecule has 2 heterocycles. The van der Waals surface area contributed by atoms with Gasteiger partial charge in [-0.2, -0.15) is 13.2 Å². The van der Waals surface area contributed by atoms with E-state index in [1.807, 2.05) is 10.8 Å². The number of halogens is 3. The van der Waals surface area contributed by atoms with Crippen molar-refractivity contribution in [1.82, 2.24) is 19.7 Å². The minimum absolute atomic E-state index is 0.348. The summed E-state index contributed by atoms with van der Waals surface area (Å²) in [5.74, 6) is 0.348. The predicted octanol–water partition coefficient (Wildman–Crippen LogP) is 2.58. The molecule has 0 aromatic carbocycles. The van der Waals surface area contributed by atoms with E-state index in [1.54, 1.807) is 12.5 Å². The molecule has 2 rings (SSSR count). The molecule has 0 unspecified atom stereocenters. The van der Waals surface area contributed by atoms with Gasteiger partial charge in [0.1, 0.15) is 5.82 Å². The molecule has 1 N–H and O–H groups in total. The summed E-state index contributed by atoms with van der Waals surface area (Å²) in [6.45, 7) is 1.50. The van der Waals surface area contributed by atoms with E-state index in [-0.39, 0.29) is 0 Å². The van der Waals surface area contributed by atoms with E-state index in [9.17, 15) is 13.2 Å². The molecule has 0 aliphatic heterocycles. The summed E-state index contributed by atoms with van der Waals surface area (Å²) in [4.78, 5) is 3.93. The maximum Gasteiger partial charge on any atom is 0.435 e. The monoisotopic (exact) mass is 285 g/mol. The maximum atomic E-state index is 12.3. The van der Waals surface area contributed by atoms with E-state index in [0.717, 1.165) is 25.5 Å². The highest BCUT2D eigenvalue weighted by molar-refractivity contribution is 5.33. The molecule has 5 nitrogen and oxygen atoms in total. The van der Waals surface area contributed by atoms with Crippen molar-refractivity contribution in [3.8, 4) is 0 Å². The Hall–Kier alpha value is -2.12. The van der Waals surface area contributed by atoms with Crippen LogP contribution >= 0.6 is 0 Å². The Labute approximate surface area is 113 Å². The van der Waals surface area contributed by atoms with Crippen molar-refractivity contribution in [2.45, 2.75) is 25.6 Å². The summed E-state index contributed by atoms with van der Waals surface area (Å²) < 4.78 is 38.8. The van der Waals surface area contributed by atoms with Crippen LogP contribution in [0.25, 0.3) is 0 Å². The lowest BCUT2D eigenvalue weighted by atomic mass is 10.3. The number of hydrogen-bond acceptors (Lipinski definition) is 4. The fraction of sp³-hybridized carbons (Fsp3) is 0.417. The highest BCUT2D eigenvalue weighted by atomic mass is 19.4. The molecular formula is C12H14F3N5. The quantitative estimate of drug-likeness (QED) is 0.829. The van der Waals surface area contributed by atoms with Gasteiger partial charge in [-0.05, 0) is 25.0 Å². The fourth-order valence-electron chi connectivity index (χ4n) is 1.63. The van der Waals surface area contributed by atoms with Crippen molar-refractivity contribution in [1.29, 1.82) is 0 Å². The standard InChI is InChI=1S/C12H14F3N5/c13-12(14,15)10-3-4-11(19-18-10)17-5-1-2-7-20-8-6-16-9-20/h3-4,6,8-9H,1-2,5,7H2,(H,17,19). The van der Waals surface area contributed by atoms with E-state index in [2.05, 4.69) is 20.5 Å². The molecular weight excluding hydrogens is 271 g/mol. The third-order valence-corrected chi connectivity index (χ3v) is 2.66. The van der Waals surface area contributed by atoms with Gasteiger partial charge in [-0.25, -0.2) is 4.98 Å². The highest BCUT2D eigenvalue weighted by Crippen LogP contribution is 2.26. The molecule has 0 bridgehead atoms. The molecule has 2 aromatic rings. The molecule has 0 spiro atoms. The number of aromatic nitrogens is 4. The lowest BCUT2D eigenvalue weighted by Gasteiger charge is -2.07. The second-order valence-corrected chi connectivity index (χ2v) is 4.24. The molecule has 2 aromatic heterocycles. The van der Waals surface area contributed by atoms with Crippen molar-refractivity contribution in [2.24, 2.45) is 0 Å². The van der Waals surface area contributed by atoms with Crippen LogP contribution in [0.3, 0.4) is 0 Å². The molecule has 0 fully saturated rings. The summed E-state index contributed by atoms with van der Waals surface area (Å²) in [6, 6.07) is 2.20. The number of hydrogen-bond donors (Lipinski definition) is 1. The smallest absolute Gasteiger partial charge is 0.369 e. The number of aryl methyl sites for hydroxylation is 1. The second-order valence-electron chi connectivity index (χ2n) is 4.24. The van der Waals surface area contributed by atoms with E-state index in [1.165, 1.54) is 6.07 Å². The van der Waals surface area contributed by atoms with Gasteiger partial charge in [0, 0.05) is 25.5 Å². The van der Waals surface area contributed by atoms with Gasteiger partial charge in [0.2, 0.25) is 0 Å². The van der Waals surface area contributed by atoms with Crippen LogP contribution in [-0.2, 0) is 12.7 Å². The molecule has 108 valence electrons. The van der Waals surface area contributed by atoms with Crippen molar-refractivity contribution < 1.29 is 13.2 Å². The number of imidazole rings is 1. The molecule has 0 atom stereocenters. The van der Waals surface area contributed by atoms with Crippen molar-refractivity contribution in [3.05, 3.63) is 36.5 Å². The Morgan fingerprint density at radius 2 is 2.00 bits per heavy atom. The molecule has 0 amide bonds. The number of rotatable bonds is 6. The predicted molar refractivity (Wildman–Crippen MR) is 67.0 cm³/mol. The normalized spacial score (nSPS) is 11.6. The maximum absolute atomic E-state index is 12.3. The van der Waals surface area contributed by atoms with Crippen molar-refractivity contribution in [2.75, 3.05) is 11.9 Å². The van der Waals surface area contributed by atoms with Crippen LogP contribution < -0.4 is 5.32 Å². The summed E-state index contributed by atoms with van der Waals surface area (Å²) in [5, 5.41) is 9.57. The minimum Gasteiger partial charge on any atom is -0.369 e. The van der Waals surface area contributed by atoms with Crippen LogP contribution in [0.2, 0.25) is 0 Å². The number of alkyl halides is 3. The number of nitrogens with one attached hydrogen (secondary N) is 1. The number of nitrogens with zero attached hydrogens (tertiary/aromatic N) is 4. The molecule has 8 heteroatoms. The molecule has 0 saturated heterocycles. The van der Waals surface area contributed by atoms with E-state index >= 15 is 0 Å². The van der Waals surface area contributed by atoms with Crippen LogP contribution in [0, 0.1) is 0 Å². The van der Waals surface area contributed by atoms with Crippen molar-refractivity contribution in [3.63, 3.8) is 0 Å². The summed E-state index contributed by atoms with van der Waals surface area (Å²) in [6.07, 6.45) is 2.72. The molecule has 0 aliphatic rings. The first-order valence-electron chi connectivity index (χ1n) is 6.16. The van der Waals surface area contributed by atoms with Gasteiger partial charge in [-0.1, -0.05) is 0 Å². The zero-order valence-electron chi connectivity index (χ0n) is 10.6. The second kappa shape index (κ2) is 6.36. The van der Waals surface area contributed by atoms with Crippen LogP contribution in [0.5, 0.6) is 0 Å². The summed E-state index contributed by atoms with van der Waals surface area (Å²) in [7, 11) is 0. The van der Waals surface area contributed by atoms with Crippen LogP contribution in [0.1, 0.15) is 18.5 Å². The Bertz CT molecular complexity index is 507. The molecule has 0 radical (unpaired) electrons. The molecule has 0 saturated carbocycles. The third kappa shape index (κ3) is 4.22. The third-order valence-electron chi connectivity index (χ3n) is 2.66. The SMILES string of the molecule is FC(F)(F)c1ccc(NCCCCn2ccnc2)nn1. The Morgan fingerprint density at radius 3 is 2.60 bits per heavy atom. The number of anilines is 1. The highest BCUT2D eigenvalue weighted by Gasteiger charge is 2.32. The molecule has 20 heavy (non-hydrogen) atoms. The zero-order valence-corrected chi connectivity index (χ0v) is 10.6. The number of unbranched alkanes of at least 4 members (excludes halogenated alkanes) is 1. The Balaban J connectivity index is 1.69. The summed E-state index contributed by atoms with van der Waals surface area (Å²) in [5.41, 5.74) is -0.983. The van der Waals surface area contributed by atoms with Gasteiger partial charge in [0.15, 0.2) is 5.69 Å². The van der Waals surface area contributed by atoms with Gasteiger partial charge in [0.05, 0.1) is 6.33 Å². The van der Waals surface area contributed by atoms with Gasteiger partial charge < -0.3 is 9.88 Å².